The molecule has 2 heterocycles. The molecule has 2 aromatic carbocycles. The van der Waals surface area contributed by atoms with Crippen LogP contribution >= 0.6 is 23.2 Å². The Hall–Kier alpha value is -2.04. The van der Waals surface area contributed by atoms with Gasteiger partial charge in [0.2, 0.25) is 0 Å². The van der Waals surface area contributed by atoms with Crippen LogP contribution in [0, 0.1) is 0 Å². The SMILES string of the molecule is O=C(c1ccc(Cl)c(Cl)c1)N1CCC(c2nc3ccccc3[nH]2)CC1. The average Bonchev–Trinajstić information content (AvgIpc) is 3.08. The van der Waals surface area contributed by atoms with Gasteiger partial charge in [-0.1, -0.05) is 35.3 Å². The molecule has 128 valence electrons. The number of nitrogens with one attached hydrogen (secondary N) is 1. The van der Waals surface area contributed by atoms with E-state index < -0.39 is 0 Å². The molecule has 25 heavy (non-hydrogen) atoms. The molecule has 1 fully saturated rings. The van der Waals surface area contributed by atoms with E-state index in [0.717, 1.165) is 29.7 Å². The number of nitrogens with zero attached hydrogens (tertiary/aromatic N) is 2. The van der Waals surface area contributed by atoms with Gasteiger partial charge in [0.15, 0.2) is 0 Å². The highest BCUT2D eigenvalue weighted by Gasteiger charge is 2.26. The molecule has 0 aliphatic carbocycles. The zero-order valence-corrected chi connectivity index (χ0v) is 15.0. The summed E-state index contributed by atoms with van der Waals surface area (Å²) in [6, 6.07) is 13.1. The van der Waals surface area contributed by atoms with Crippen LogP contribution < -0.4 is 0 Å². The van der Waals surface area contributed by atoms with Crippen molar-refractivity contribution in [2.75, 3.05) is 13.1 Å². The third kappa shape index (κ3) is 3.24. The van der Waals surface area contributed by atoms with Crippen LogP contribution in [0.1, 0.15) is 34.9 Å². The Kier molecular flexibility index (Phi) is 4.40. The van der Waals surface area contributed by atoms with Gasteiger partial charge in [0.1, 0.15) is 5.82 Å². The molecule has 0 bridgehead atoms. The number of imidazole rings is 1. The van der Waals surface area contributed by atoms with E-state index >= 15 is 0 Å². The van der Waals surface area contributed by atoms with E-state index in [9.17, 15) is 4.79 Å². The van der Waals surface area contributed by atoms with Gasteiger partial charge in [-0.2, -0.15) is 0 Å². The topological polar surface area (TPSA) is 49.0 Å². The van der Waals surface area contributed by atoms with Gasteiger partial charge in [0, 0.05) is 24.6 Å². The van der Waals surface area contributed by atoms with Crippen LogP contribution in [0.25, 0.3) is 11.0 Å². The zero-order valence-electron chi connectivity index (χ0n) is 13.5. The smallest absolute Gasteiger partial charge is 0.253 e. The summed E-state index contributed by atoms with van der Waals surface area (Å²) < 4.78 is 0. The third-order valence-corrected chi connectivity index (χ3v) is 5.48. The summed E-state index contributed by atoms with van der Waals surface area (Å²) >= 11 is 11.9. The van der Waals surface area contributed by atoms with E-state index in [1.165, 1.54) is 0 Å². The summed E-state index contributed by atoms with van der Waals surface area (Å²) in [6.45, 7) is 1.42. The van der Waals surface area contributed by atoms with E-state index in [1.54, 1.807) is 18.2 Å². The van der Waals surface area contributed by atoms with Gasteiger partial charge in [-0.25, -0.2) is 4.98 Å². The third-order valence-electron chi connectivity index (χ3n) is 4.74. The number of amides is 1. The van der Waals surface area contributed by atoms with Gasteiger partial charge in [-0.15, -0.1) is 0 Å². The van der Waals surface area contributed by atoms with E-state index in [1.807, 2.05) is 29.2 Å². The van der Waals surface area contributed by atoms with E-state index in [4.69, 9.17) is 28.2 Å². The molecule has 1 aliphatic heterocycles. The van der Waals surface area contributed by atoms with Crippen molar-refractivity contribution < 1.29 is 4.79 Å². The molecule has 0 radical (unpaired) electrons. The van der Waals surface area contributed by atoms with E-state index in [-0.39, 0.29) is 5.91 Å². The Labute approximate surface area is 155 Å². The van der Waals surface area contributed by atoms with Gasteiger partial charge in [-0.05, 0) is 43.2 Å². The molecule has 6 heteroatoms. The largest absolute Gasteiger partial charge is 0.342 e. The summed E-state index contributed by atoms with van der Waals surface area (Å²) in [5.74, 6) is 1.37. The number of halogens is 2. The Bertz CT molecular complexity index is 896. The van der Waals surface area contributed by atoms with Crippen LogP contribution in [-0.4, -0.2) is 33.9 Å². The lowest BCUT2D eigenvalue weighted by Crippen LogP contribution is -2.38. The fraction of sp³-hybridized carbons (Fsp3) is 0.263. The standard InChI is InChI=1S/C19H17Cl2N3O/c20-14-6-5-13(11-15(14)21)19(25)24-9-7-12(8-10-24)18-22-16-3-1-2-4-17(16)23-18/h1-6,11-12H,7-10H2,(H,22,23). The molecular weight excluding hydrogens is 357 g/mol. The lowest BCUT2D eigenvalue weighted by atomic mass is 9.95. The molecule has 0 atom stereocenters. The highest BCUT2D eigenvalue weighted by molar-refractivity contribution is 6.42. The average molecular weight is 374 g/mol. The summed E-state index contributed by atoms with van der Waals surface area (Å²) in [4.78, 5) is 22.6. The van der Waals surface area contributed by atoms with Crippen LogP contribution in [0.15, 0.2) is 42.5 Å². The number of aromatic amines is 1. The Morgan fingerprint density at radius 2 is 1.84 bits per heavy atom. The van der Waals surface area contributed by atoms with E-state index in [0.29, 0.717) is 34.6 Å². The minimum Gasteiger partial charge on any atom is -0.342 e. The summed E-state index contributed by atoms with van der Waals surface area (Å²) in [6.07, 6.45) is 1.79. The molecule has 0 spiro atoms. The number of hydrogen-bond acceptors (Lipinski definition) is 2. The fourth-order valence-corrected chi connectivity index (χ4v) is 3.63. The number of aromatic nitrogens is 2. The van der Waals surface area contributed by atoms with Crippen LogP contribution in [-0.2, 0) is 0 Å². The van der Waals surface area contributed by atoms with Crippen LogP contribution in [0.5, 0.6) is 0 Å². The molecule has 4 nitrogen and oxygen atoms in total. The van der Waals surface area contributed by atoms with Crippen molar-refractivity contribution in [2.45, 2.75) is 18.8 Å². The fourth-order valence-electron chi connectivity index (χ4n) is 3.33. The van der Waals surface area contributed by atoms with Crippen molar-refractivity contribution in [3.05, 3.63) is 63.9 Å². The van der Waals surface area contributed by atoms with Crippen molar-refractivity contribution in [1.29, 1.82) is 0 Å². The highest BCUT2D eigenvalue weighted by atomic mass is 35.5. The number of piperidine rings is 1. The van der Waals surface area contributed by atoms with Gasteiger partial charge < -0.3 is 9.88 Å². The molecule has 3 aromatic rings. The second-order valence-electron chi connectivity index (χ2n) is 6.33. The van der Waals surface area contributed by atoms with Crippen LogP contribution in [0.3, 0.4) is 0 Å². The predicted molar refractivity (Wildman–Crippen MR) is 100 cm³/mol. The second-order valence-corrected chi connectivity index (χ2v) is 7.15. The number of likely N-dealkylation sites (tertiary alicyclic amines) is 1. The maximum Gasteiger partial charge on any atom is 0.253 e. The molecular formula is C19H17Cl2N3O. The Balaban J connectivity index is 1.45. The first kappa shape index (κ1) is 16.4. The number of fused-ring (bicyclic) bond motifs is 1. The lowest BCUT2D eigenvalue weighted by Gasteiger charge is -2.31. The first-order valence-corrected chi connectivity index (χ1v) is 9.06. The van der Waals surface area contributed by atoms with Gasteiger partial charge >= 0.3 is 0 Å². The first-order chi connectivity index (χ1) is 12.1. The highest BCUT2D eigenvalue weighted by Crippen LogP contribution is 2.29. The monoisotopic (exact) mass is 373 g/mol. The van der Waals surface area contributed by atoms with Crippen LogP contribution in [0.4, 0.5) is 0 Å². The molecule has 1 N–H and O–H groups in total. The van der Waals surface area contributed by atoms with Crippen molar-refractivity contribution in [3.63, 3.8) is 0 Å². The van der Waals surface area contributed by atoms with Gasteiger partial charge in [-0.3, -0.25) is 4.79 Å². The number of H-pyrrole nitrogens is 1. The summed E-state index contributed by atoms with van der Waals surface area (Å²) in [5, 5.41) is 0.867. The molecule has 1 aliphatic rings. The number of rotatable bonds is 2. The Morgan fingerprint density at radius 3 is 2.56 bits per heavy atom. The lowest BCUT2D eigenvalue weighted by molar-refractivity contribution is 0.0711. The summed E-state index contributed by atoms with van der Waals surface area (Å²) in [7, 11) is 0. The maximum absolute atomic E-state index is 12.6. The van der Waals surface area contributed by atoms with E-state index in [2.05, 4.69) is 4.98 Å². The molecule has 0 unspecified atom stereocenters. The zero-order chi connectivity index (χ0) is 17.4. The second kappa shape index (κ2) is 6.70. The minimum atomic E-state index is 0.00150. The number of carbonyl (C=O) groups excluding carboxylic acids is 1. The van der Waals surface area contributed by atoms with Crippen molar-refractivity contribution in [1.82, 2.24) is 14.9 Å². The quantitative estimate of drug-likeness (QED) is 0.694. The molecule has 4 rings (SSSR count). The number of benzene rings is 2. The van der Waals surface area contributed by atoms with Gasteiger partial charge in [0.05, 0.1) is 21.1 Å². The van der Waals surface area contributed by atoms with Crippen molar-refractivity contribution in [3.8, 4) is 0 Å². The van der Waals surface area contributed by atoms with Gasteiger partial charge in [0.25, 0.3) is 5.91 Å². The normalized spacial score (nSPS) is 15.7. The number of carbonyl (C=O) groups is 1. The molecule has 1 amide bonds. The first-order valence-electron chi connectivity index (χ1n) is 8.31. The van der Waals surface area contributed by atoms with Crippen LogP contribution in [0.2, 0.25) is 10.0 Å². The van der Waals surface area contributed by atoms with Crippen molar-refractivity contribution >= 4 is 40.1 Å². The minimum absolute atomic E-state index is 0.00150. The molecule has 0 saturated carbocycles. The molecule has 1 aromatic heterocycles. The Morgan fingerprint density at radius 1 is 1.08 bits per heavy atom. The predicted octanol–water partition coefficient (Wildman–Crippen LogP) is 4.89. The number of hydrogen-bond donors (Lipinski definition) is 1. The maximum atomic E-state index is 12.6. The summed E-state index contributed by atoms with van der Waals surface area (Å²) in [5.41, 5.74) is 2.63. The van der Waals surface area contributed by atoms with Crippen molar-refractivity contribution in [2.24, 2.45) is 0 Å². The molecule has 1 saturated heterocycles. The number of para-hydroxylation sites is 2.